The second-order valence-corrected chi connectivity index (χ2v) is 5.30. The Labute approximate surface area is 108 Å². The number of benzene rings is 1. The molecule has 2 N–H and O–H groups in total. The van der Waals surface area contributed by atoms with E-state index in [0.29, 0.717) is 0 Å². The molecule has 0 aliphatic rings. The van der Waals surface area contributed by atoms with Crippen molar-refractivity contribution in [3.8, 4) is 5.75 Å². The molecule has 0 amide bonds. The van der Waals surface area contributed by atoms with E-state index in [2.05, 4.69) is 8.71 Å². The van der Waals surface area contributed by atoms with Crippen molar-refractivity contribution < 1.29 is 31.5 Å². The minimum Gasteiger partial charge on any atom is -0.566 e. The lowest BCUT2D eigenvalue weighted by molar-refractivity contribution is -0.384. The van der Waals surface area contributed by atoms with Gasteiger partial charge in [-0.1, -0.05) is 0 Å². The number of non-ortho nitro benzene ring substituents is 1. The number of hydrogen-bond acceptors (Lipinski definition) is 9. The van der Waals surface area contributed by atoms with Crippen molar-refractivity contribution in [2.75, 3.05) is 0 Å². The van der Waals surface area contributed by atoms with Gasteiger partial charge >= 0.3 is 18.4 Å². The maximum absolute atomic E-state index is 11.4. The normalized spacial score (nSPS) is 13.7. The molecule has 0 aromatic heterocycles. The Hall–Kier alpha value is -1.65. The summed E-state index contributed by atoms with van der Waals surface area (Å²) >= 11 is 0. The largest absolute Gasteiger partial charge is 0.566 e. The zero-order valence-electron chi connectivity index (χ0n) is 9.03. The number of nitro groups is 1. The van der Waals surface area contributed by atoms with E-state index in [1.165, 1.54) is 0 Å². The van der Waals surface area contributed by atoms with Crippen LogP contribution in [0.5, 0.6) is 5.75 Å². The van der Waals surface area contributed by atoms with Crippen molar-refractivity contribution in [1.82, 2.24) is 0 Å². The van der Waals surface area contributed by atoms with Gasteiger partial charge in [-0.25, -0.2) is 0 Å². The van der Waals surface area contributed by atoms with E-state index in [1.807, 2.05) is 0 Å². The van der Waals surface area contributed by atoms with Crippen LogP contribution in [0, 0.1) is 10.1 Å². The molecule has 19 heavy (non-hydrogen) atoms. The first kappa shape index (κ1) is 15.4. The zero-order valence-corrected chi connectivity index (χ0v) is 10.7. The van der Waals surface area contributed by atoms with Gasteiger partial charge in [0.05, 0.1) is 4.92 Å². The monoisotopic (exact) mass is 310 g/mol. The molecule has 0 heterocycles. The van der Waals surface area contributed by atoms with E-state index in [0.717, 1.165) is 24.3 Å². The number of hydrogen-bond donors (Lipinski definition) is 1. The number of nitrogens with zero attached hydrogens (tertiary/aromatic N) is 1. The lowest BCUT2D eigenvalue weighted by Crippen LogP contribution is -2.35. The molecular weight excluding hydrogens is 303 g/mol. The Balaban J connectivity index is 2.83. The molecular formula is C7H7N2O8PS. The fraction of sp³-hybridized carbons (Fsp3) is 0.143. The van der Waals surface area contributed by atoms with Gasteiger partial charge in [-0.05, 0) is 16.7 Å². The van der Waals surface area contributed by atoms with Gasteiger partial charge in [-0.3, -0.25) is 15.8 Å². The number of nitrogens with two attached hydrogens (primary N) is 1. The van der Waals surface area contributed by atoms with Crippen molar-refractivity contribution in [1.29, 1.82) is 0 Å². The Morgan fingerprint density at radius 1 is 1.32 bits per heavy atom. The van der Waals surface area contributed by atoms with Gasteiger partial charge in [0.2, 0.25) is 0 Å². The van der Waals surface area contributed by atoms with Crippen LogP contribution in [0.3, 0.4) is 0 Å². The number of rotatable bonds is 6. The highest BCUT2D eigenvalue weighted by molar-refractivity contribution is 7.87. The van der Waals surface area contributed by atoms with E-state index < -0.39 is 28.9 Å². The summed E-state index contributed by atoms with van der Waals surface area (Å²) < 4.78 is 41.2. The minimum atomic E-state index is -4.54. The van der Waals surface area contributed by atoms with E-state index in [1.54, 1.807) is 0 Å². The van der Waals surface area contributed by atoms with Crippen LogP contribution < -0.4 is 14.8 Å². The lowest BCUT2D eigenvalue weighted by Gasteiger charge is -2.09. The third-order valence-electron chi connectivity index (χ3n) is 1.73. The van der Waals surface area contributed by atoms with Gasteiger partial charge in [0.25, 0.3) is 11.2 Å². The summed E-state index contributed by atoms with van der Waals surface area (Å²) in [6.45, 7) is 0. The first-order valence-electron chi connectivity index (χ1n) is 4.47. The van der Waals surface area contributed by atoms with E-state index >= 15 is 0 Å². The highest BCUT2D eigenvalue weighted by atomic mass is 32.2. The van der Waals surface area contributed by atoms with E-state index in [4.69, 9.17) is 5.73 Å². The average Bonchev–Trinajstić information content (AvgIpc) is 2.28. The Morgan fingerprint density at radius 3 is 2.26 bits per heavy atom. The molecule has 0 saturated carbocycles. The predicted molar refractivity (Wildman–Crippen MR) is 59.3 cm³/mol. The van der Waals surface area contributed by atoms with Gasteiger partial charge in [-0.2, -0.15) is 8.42 Å². The molecule has 2 atom stereocenters. The molecule has 0 saturated heterocycles. The molecule has 2 unspecified atom stereocenters. The fourth-order valence-corrected chi connectivity index (χ4v) is 2.22. The second-order valence-electron chi connectivity index (χ2n) is 3.02. The Kier molecular flexibility index (Phi) is 4.86. The Bertz CT molecular complexity index is 586. The highest BCUT2D eigenvalue weighted by Gasteiger charge is 2.30. The van der Waals surface area contributed by atoms with Gasteiger partial charge in [0, 0.05) is 12.1 Å². The first-order valence-corrected chi connectivity index (χ1v) is 7.03. The quantitative estimate of drug-likeness (QED) is 0.241. The lowest BCUT2D eigenvalue weighted by atomic mass is 10.3. The van der Waals surface area contributed by atoms with Crippen molar-refractivity contribution in [2.24, 2.45) is 5.73 Å². The van der Waals surface area contributed by atoms with Crippen LogP contribution in [0.1, 0.15) is 0 Å². The molecule has 10 nitrogen and oxygen atoms in total. The third kappa shape index (κ3) is 4.50. The summed E-state index contributed by atoms with van der Waals surface area (Å²) in [5, 5.41) is 10.4. The zero-order chi connectivity index (χ0) is 14.6. The SMILES string of the molecule is NC(O[P+](=O)[O-])S(=O)(=O)Oc1ccc([N+](=O)[O-])cc1. The molecule has 1 aromatic rings. The molecule has 0 aliphatic heterocycles. The predicted octanol–water partition coefficient (Wildman–Crippen LogP) is -0.420. The van der Waals surface area contributed by atoms with Crippen molar-refractivity contribution >= 4 is 24.1 Å². The van der Waals surface area contributed by atoms with Crippen LogP contribution >= 0.6 is 8.25 Å². The summed E-state index contributed by atoms with van der Waals surface area (Å²) in [7, 11) is -8.01. The van der Waals surface area contributed by atoms with Crippen LogP contribution in [-0.2, 0) is 19.2 Å². The topological polar surface area (TPSA) is 162 Å². The van der Waals surface area contributed by atoms with Crippen LogP contribution in [-0.4, -0.2) is 18.9 Å². The van der Waals surface area contributed by atoms with E-state index in [-0.39, 0.29) is 11.4 Å². The molecule has 0 aliphatic carbocycles. The highest BCUT2D eigenvalue weighted by Crippen LogP contribution is 2.21. The average molecular weight is 310 g/mol. The van der Waals surface area contributed by atoms with Crippen LogP contribution in [0.25, 0.3) is 0 Å². The van der Waals surface area contributed by atoms with Crippen LogP contribution in [0.4, 0.5) is 5.69 Å². The van der Waals surface area contributed by atoms with Gasteiger partial charge < -0.3 is 9.08 Å². The first-order chi connectivity index (χ1) is 8.72. The molecule has 0 spiro atoms. The van der Waals surface area contributed by atoms with Gasteiger partial charge in [-0.15, -0.1) is 4.52 Å². The molecule has 104 valence electrons. The minimum absolute atomic E-state index is 0.270. The third-order valence-corrected chi connectivity index (χ3v) is 3.37. The van der Waals surface area contributed by atoms with E-state index in [9.17, 15) is 28.0 Å². The summed E-state index contributed by atoms with van der Waals surface area (Å²) in [5.41, 5.74) is 2.46. The fourth-order valence-electron chi connectivity index (χ4n) is 0.942. The van der Waals surface area contributed by atoms with Crippen molar-refractivity contribution in [3.05, 3.63) is 34.4 Å². The van der Waals surface area contributed by atoms with Crippen LogP contribution in [0.2, 0.25) is 0 Å². The maximum Gasteiger partial charge on any atom is 0.491 e. The molecule has 0 radical (unpaired) electrons. The summed E-state index contributed by atoms with van der Waals surface area (Å²) in [6, 6.07) is 4.04. The number of nitro benzene ring substituents is 1. The standard InChI is InChI=1S/C7H7N2O8PS/c8-7(16-18(12)13)19(14,15)17-6-3-1-5(2-4-6)9(10)11/h1-4,7H,8H2. The van der Waals surface area contributed by atoms with Crippen LogP contribution in [0.15, 0.2) is 24.3 Å². The Morgan fingerprint density at radius 2 is 1.84 bits per heavy atom. The summed E-state index contributed by atoms with van der Waals surface area (Å²) in [4.78, 5) is 19.8. The molecule has 0 fully saturated rings. The van der Waals surface area contributed by atoms with Gasteiger partial charge in [0.15, 0.2) is 0 Å². The molecule has 12 heteroatoms. The molecule has 1 aromatic carbocycles. The summed E-state index contributed by atoms with van der Waals surface area (Å²) in [6.07, 6.45) is 0. The second kappa shape index (κ2) is 5.99. The smallest absolute Gasteiger partial charge is 0.491 e. The molecule has 1 rings (SSSR count). The summed E-state index contributed by atoms with van der Waals surface area (Å²) in [5.74, 6) is -0.272. The molecule has 0 bridgehead atoms. The van der Waals surface area contributed by atoms with Crippen molar-refractivity contribution in [2.45, 2.75) is 5.56 Å². The van der Waals surface area contributed by atoms with Gasteiger partial charge in [0.1, 0.15) is 5.75 Å². The van der Waals surface area contributed by atoms with Crippen molar-refractivity contribution in [3.63, 3.8) is 0 Å². The maximum atomic E-state index is 11.4.